The highest BCUT2D eigenvalue weighted by Gasteiger charge is 2.52. The van der Waals surface area contributed by atoms with Gasteiger partial charge < -0.3 is 15.3 Å². The normalized spacial score (nSPS) is 21.9. The third-order valence-corrected chi connectivity index (χ3v) is 6.40. The number of furan rings is 1. The lowest BCUT2D eigenvalue weighted by molar-refractivity contribution is -0.141. The zero-order valence-electron chi connectivity index (χ0n) is 14.5. The maximum Gasteiger partial charge on any atom is 0.313 e. The lowest BCUT2D eigenvalue weighted by atomic mass is 9.94. The average molecular weight is 424 g/mol. The Labute approximate surface area is 166 Å². The topological polar surface area (TPSA) is 135 Å². The van der Waals surface area contributed by atoms with E-state index in [1.807, 2.05) is 0 Å². The van der Waals surface area contributed by atoms with Gasteiger partial charge in [0.1, 0.15) is 11.7 Å². The zero-order chi connectivity index (χ0) is 20.4. The Morgan fingerprint density at radius 1 is 1.29 bits per heavy atom. The van der Waals surface area contributed by atoms with Gasteiger partial charge in [-0.3, -0.25) is 14.8 Å². The van der Waals surface area contributed by atoms with Crippen LogP contribution in [-0.2, 0) is 21.4 Å². The van der Waals surface area contributed by atoms with Gasteiger partial charge in [-0.25, -0.2) is 8.42 Å². The molecule has 5 N–H and O–H groups in total. The Bertz CT molecular complexity index is 1020. The first kappa shape index (κ1) is 20.0. The molecule has 8 nitrogen and oxygen atoms in total. The summed E-state index contributed by atoms with van der Waals surface area (Å²) < 4.78 is 34.3. The number of nitrogen functional groups attached to an aromatic ring is 1. The van der Waals surface area contributed by atoms with Gasteiger partial charge in [0.15, 0.2) is 4.87 Å². The molecule has 1 aromatic carbocycles. The minimum absolute atomic E-state index is 0.0338. The molecule has 2 unspecified atom stereocenters. The van der Waals surface area contributed by atoms with Gasteiger partial charge >= 0.3 is 5.97 Å². The van der Waals surface area contributed by atoms with Gasteiger partial charge in [-0.05, 0) is 48.6 Å². The second-order valence-electron chi connectivity index (χ2n) is 6.16. The molecule has 0 spiro atoms. The molecule has 148 valence electrons. The Balaban J connectivity index is 2.04. The van der Waals surface area contributed by atoms with Crippen LogP contribution in [0.15, 0.2) is 70.3 Å². The standard InChI is InChI=1S/C18H18ClN3O5S/c19-12-3-8-16(17(23)24)18(10-12,21-11-15-2-1-9-27-15)28(25,26)22-14-6-4-13(20)5-7-14/h1-10,16,21-22H,11,20H2,(H,23,24). The van der Waals surface area contributed by atoms with E-state index in [-0.39, 0.29) is 17.3 Å². The summed E-state index contributed by atoms with van der Waals surface area (Å²) in [5, 5.41) is 12.6. The van der Waals surface area contributed by atoms with Crippen LogP contribution in [0.25, 0.3) is 0 Å². The van der Waals surface area contributed by atoms with Gasteiger partial charge in [-0.1, -0.05) is 17.7 Å². The van der Waals surface area contributed by atoms with Crippen molar-refractivity contribution >= 4 is 39.0 Å². The monoisotopic (exact) mass is 423 g/mol. The van der Waals surface area contributed by atoms with E-state index in [0.29, 0.717) is 11.4 Å². The molecule has 0 fully saturated rings. The van der Waals surface area contributed by atoms with E-state index in [4.69, 9.17) is 21.8 Å². The van der Waals surface area contributed by atoms with Crippen LogP contribution in [0.1, 0.15) is 5.76 Å². The maximum atomic E-state index is 13.3. The number of nitrogens with two attached hydrogens (primary N) is 1. The van der Waals surface area contributed by atoms with Crippen molar-refractivity contribution in [1.82, 2.24) is 5.32 Å². The number of halogens is 1. The van der Waals surface area contributed by atoms with Gasteiger partial charge in [0.25, 0.3) is 10.0 Å². The minimum atomic E-state index is -4.33. The van der Waals surface area contributed by atoms with Gasteiger partial charge in [-0.15, -0.1) is 0 Å². The summed E-state index contributed by atoms with van der Waals surface area (Å²) in [7, 11) is -4.33. The molecule has 1 heterocycles. The Kier molecular flexibility index (Phi) is 5.50. The zero-order valence-corrected chi connectivity index (χ0v) is 16.1. The van der Waals surface area contributed by atoms with E-state index in [1.165, 1.54) is 48.8 Å². The van der Waals surface area contributed by atoms with Gasteiger partial charge in [0.2, 0.25) is 0 Å². The third-order valence-electron chi connectivity index (χ3n) is 4.25. The predicted molar refractivity (Wildman–Crippen MR) is 106 cm³/mol. The van der Waals surface area contributed by atoms with E-state index in [1.54, 1.807) is 12.1 Å². The number of carbonyl (C=O) groups is 1. The van der Waals surface area contributed by atoms with Crippen LogP contribution in [0.5, 0.6) is 0 Å². The van der Waals surface area contributed by atoms with Crippen molar-refractivity contribution in [3.63, 3.8) is 0 Å². The van der Waals surface area contributed by atoms with Crippen LogP contribution in [0.4, 0.5) is 11.4 Å². The highest BCUT2D eigenvalue weighted by Crippen LogP contribution is 2.35. The number of allylic oxidation sites excluding steroid dienone is 2. The van der Waals surface area contributed by atoms with Crippen molar-refractivity contribution in [2.24, 2.45) is 5.92 Å². The van der Waals surface area contributed by atoms with Crippen LogP contribution < -0.4 is 15.8 Å². The number of sulfonamides is 1. The molecule has 0 amide bonds. The van der Waals surface area contributed by atoms with E-state index in [9.17, 15) is 18.3 Å². The number of carboxylic acid groups (broad SMARTS) is 1. The van der Waals surface area contributed by atoms with E-state index < -0.39 is 26.8 Å². The first-order valence-electron chi connectivity index (χ1n) is 8.18. The molecule has 3 rings (SSSR count). The second-order valence-corrected chi connectivity index (χ2v) is 8.48. The molecule has 0 aliphatic heterocycles. The average Bonchev–Trinajstić information content (AvgIpc) is 3.15. The molecule has 0 bridgehead atoms. The Morgan fingerprint density at radius 3 is 2.61 bits per heavy atom. The number of benzene rings is 1. The summed E-state index contributed by atoms with van der Waals surface area (Å²) in [4.78, 5) is 9.83. The number of carboxylic acids is 1. The highest BCUT2D eigenvalue weighted by atomic mass is 35.5. The van der Waals surface area contributed by atoms with Crippen molar-refractivity contribution in [2.45, 2.75) is 11.4 Å². The predicted octanol–water partition coefficient (Wildman–Crippen LogP) is 2.48. The SMILES string of the molecule is Nc1ccc(NS(=O)(=O)C2(NCc3ccco3)C=C(Cl)C=CC2C(=O)O)cc1. The van der Waals surface area contributed by atoms with Gasteiger partial charge in [0, 0.05) is 16.4 Å². The maximum absolute atomic E-state index is 13.3. The highest BCUT2D eigenvalue weighted by molar-refractivity contribution is 7.94. The lowest BCUT2D eigenvalue weighted by Gasteiger charge is -2.37. The molecule has 10 heteroatoms. The number of nitrogens with one attached hydrogen (secondary N) is 2. The van der Waals surface area contributed by atoms with Crippen molar-refractivity contribution in [3.05, 3.63) is 71.7 Å². The largest absolute Gasteiger partial charge is 0.481 e. The number of hydrogen-bond donors (Lipinski definition) is 4. The van der Waals surface area contributed by atoms with E-state index in [2.05, 4.69) is 10.0 Å². The molecule has 0 saturated carbocycles. The fraction of sp³-hybridized carbons (Fsp3) is 0.167. The fourth-order valence-corrected chi connectivity index (χ4v) is 4.85. The summed E-state index contributed by atoms with van der Waals surface area (Å²) in [6.45, 7) is -0.0338. The first-order chi connectivity index (χ1) is 13.2. The fourth-order valence-electron chi connectivity index (χ4n) is 2.87. The van der Waals surface area contributed by atoms with Crippen molar-refractivity contribution < 1.29 is 22.7 Å². The molecule has 1 aliphatic carbocycles. The van der Waals surface area contributed by atoms with Gasteiger partial charge in [0.05, 0.1) is 12.8 Å². The number of aliphatic carboxylic acids is 1. The summed E-state index contributed by atoms with van der Waals surface area (Å²) >= 11 is 6.07. The molecule has 0 saturated heterocycles. The Morgan fingerprint density at radius 2 is 2.00 bits per heavy atom. The van der Waals surface area contributed by atoms with Gasteiger partial charge in [-0.2, -0.15) is 0 Å². The quantitative estimate of drug-likeness (QED) is 0.502. The smallest absolute Gasteiger partial charge is 0.313 e. The van der Waals surface area contributed by atoms with E-state index in [0.717, 1.165) is 0 Å². The first-order valence-corrected chi connectivity index (χ1v) is 10.0. The van der Waals surface area contributed by atoms with Crippen LogP contribution >= 0.6 is 11.6 Å². The van der Waals surface area contributed by atoms with E-state index >= 15 is 0 Å². The third kappa shape index (κ3) is 3.91. The summed E-state index contributed by atoms with van der Waals surface area (Å²) in [5.74, 6) is -2.33. The molecular formula is C18H18ClN3O5S. The molecule has 2 atom stereocenters. The lowest BCUT2D eigenvalue weighted by Crippen LogP contribution is -2.59. The number of anilines is 2. The van der Waals surface area contributed by atoms with Crippen molar-refractivity contribution in [3.8, 4) is 0 Å². The second kappa shape index (κ2) is 7.70. The summed E-state index contributed by atoms with van der Waals surface area (Å²) in [5.41, 5.74) is 6.32. The molecule has 2 aromatic rings. The number of rotatable bonds is 7. The van der Waals surface area contributed by atoms with Crippen molar-refractivity contribution in [2.75, 3.05) is 10.5 Å². The molecule has 28 heavy (non-hydrogen) atoms. The van der Waals surface area contributed by atoms with Crippen LogP contribution in [0, 0.1) is 5.92 Å². The van der Waals surface area contributed by atoms with Crippen LogP contribution in [-0.4, -0.2) is 24.4 Å². The van der Waals surface area contributed by atoms with Crippen LogP contribution in [0.3, 0.4) is 0 Å². The van der Waals surface area contributed by atoms with Crippen LogP contribution in [0.2, 0.25) is 0 Å². The summed E-state index contributed by atoms with van der Waals surface area (Å²) in [6.07, 6.45) is 5.20. The molecular weight excluding hydrogens is 406 g/mol. The molecule has 1 aromatic heterocycles. The minimum Gasteiger partial charge on any atom is -0.481 e. The Hall–Kier alpha value is -2.75. The number of hydrogen-bond acceptors (Lipinski definition) is 6. The summed E-state index contributed by atoms with van der Waals surface area (Å²) in [6, 6.07) is 9.29. The molecule has 1 aliphatic rings. The van der Waals surface area contributed by atoms with Crippen molar-refractivity contribution in [1.29, 1.82) is 0 Å². The molecule has 0 radical (unpaired) electrons.